The Kier molecular flexibility index (Phi) is 11.6. The second-order valence-corrected chi connectivity index (χ2v) is 8.51. The zero-order valence-electron chi connectivity index (χ0n) is 19.9. The van der Waals surface area contributed by atoms with Crippen molar-refractivity contribution in [2.24, 2.45) is 4.99 Å². The Morgan fingerprint density at radius 1 is 1.03 bits per heavy atom. The van der Waals surface area contributed by atoms with Gasteiger partial charge in [-0.3, -0.25) is 14.7 Å². The first-order chi connectivity index (χ1) is 15.1. The van der Waals surface area contributed by atoms with Crippen LogP contribution in [0.25, 0.3) is 0 Å². The van der Waals surface area contributed by atoms with Gasteiger partial charge < -0.3 is 19.9 Å². The Labute approximate surface area is 210 Å². The highest BCUT2D eigenvalue weighted by molar-refractivity contribution is 14.0. The van der Waals surface area contributed by atoms with E-state index in [-0.39, 0.29) is 30.0 Å². The van der Waals surface area contributed by atoms with Gasteiger partial charge in [-0.15, -0.1) is 24.0 Å². The number of rotatable bonds is 8. The van der Waals surface area contributed by atoms with E-state index in [9.17, 15) is 4.79 Å². The summed E-state index contributed by atoms with van der Waals surface area (Å²) >= 11 is 0. The minimum atomic E-state index is -0.0202. The molecular weight excluding hydrogens is 517 g/mol. The van der Waals surface area contributed by atoms with E-state index < -0.39 is 0 Å². The Balaban J connectivity index is 0.00000363. The predicted octanol–water partition coefficient (Wildman–Crippen LogP) is 2.84. The van der Waals surface area contributed by atoms with Crippen LogP contribution in [0.5, 0.6) is 5.75 Å². The van der Waals surface area contributed by atoms with Crippen molar-refractivity contribution in [2.45, 2.75) is 45.1 Å². The zero-order valence-corrected chi connectivity index (χ0v) is 22.2. The molecule has 0 aliphatic carbocycles. The van der Waals surface area contributed by atoms with Crippen LogP contribution in [0.2, 0.25) is 0 Å². The Morgan fingerprint density at radius 2 is 1.69 bits per heavy atom. The maximum absolute atomic E-state index is 12.7. The van der Waals surface area contributed by atoms with Gasteiger partial charge in [0.1, 0.15) is 5.75 Å². The lowest BCUT2D eigenvalue weighted by Gasteiger charge is -2.39. The second kappa shape index (κ2) is 13.9. The van der Waals surface area contributed by atoms with Crippen LogP contribution in [0.4, 0.5) is 0 Å². The van der Waals surface area contributed by atoms with Gasteiger partial charge in [0, 0.05) is 52.9 Å². The molecule has 2 aliphatic heterocycles. The number of aryl methyl sites for hydroxylation is 1. The van der Waals surface area contributed by atoms with Crippen molar-refractivity contribution in [3.63, 3.8) is 0 Å². The third kappa shape index (κ3) is 7.50. The molecule has 1 aromatic carbocycles. The lowest BCUT2D eigenvalue weighted by Crippen LogP contribution is -2.57. The number of halogens is 1. The molecule has 1 atom stereocenters. The molecule has 0 saturated carbocycles. The van der Waals surface area contributed by atoms with Crippen LogP contribution < -0.4 is 10.1 Å². The van der Waals surface area contributed by atoms with Gasteiger partial charge in [-0.05, 0) is 56.7 Å². The van der Waals surface area contributed by atoms with Crippen LogP contribution in [0.15, 0.2) is 29.3 Å². The number of methoxy groups -OCH3 is 1. The zero-order chi connectivity index (χ0) is 22.1. The number of hydrogen-bond acceptors (Lipinski definition) is 4. The molecule has 2 saturated heterocycles. The molecule has 0 radical (unpaired) electrons. The standard InChI is InChI=1S/C24H39N5O2.HI/c1-20(23(30)28-14-6-7-15-28)27-16-18-29(19-17-27)24(25-2)26-13-5-4-8-21-9-11-22(31-3)12-10-21;/h9-12,20H,4-8,13-19H2,1-3H3,(H,25,26);1H. The van der Waals surface area contributed by atoms with Gasteiger partial charge in [-0.1, -0.05) is 12.1 Å². The number of nitrogens with zero attached hydrogens (tertiary/aromatic N) is 4. The molecule has 32 heavy (non-hydrogen) atoms. The number of unbranched alkanes of at least 4 members (excludes halogenated alkanes) is 1. The first-order valence-corrected chi connectivity index (χ1v) is 11.7. The van der Waals surface area contributed by atoms with E-state index in [1.807, 2.05) is 24.1 Å². The molecule has 1 N–H and O–H groups in total. The molecule has 0 spiro atoms. The molecule has 8 heteroatoms. The summed E-state index contributed by atoms with van der Waals surface area (Å²) in [5, 5.41) is 3.52. The number of piperazine rings is 1. The molecule has 180 valence electrons. The fraction of sp³-hybridized carbons (Fsp3) is 0.667. The number of aliphatic imine (C=N–C) groups is 1. The highest BCUT2D eigenvalue weighted by Gasteiger charge is 2.30. The fourth-order valence-corrected chi connectivity index (χ4v) is 4.46. The highest BCUT2D eigenvalue weighted by atomic mass is 127. The summed E-state index contributed by atoms with van der Waals surface area (Å²) in [7, 11) is 3.55. The van der Waals surface area contributed by atoms with Crippen LogP contribution in [-0.2, 0) is 11.2 Å². The quantitative estimate of drug-likeness (QED) is 0.231. The molecule has 2 aliphatic rings. The summed E-state index contributed by atoms with van der Waals surface area (Å²) in [4.78, 5) is 23.8. The van der Waals surface area contributed by atoms with E-state index in [1.54, 1.807) is 7.11 Å². The summed E-state index contributed by atoms with van der Waals surface area (Å²) in [6.07, 6.45) is 5.61. The van der Waals surface area contributed by atoms with Crippen LogP contribution >= 0.6 is 24.0 Å². The number of carbonyl (C=O) groups excluding carboxylic acids is 1. The highest BCUT2D eigenvalue weighted by Crippen LogP contribution is 2.15. The minimum absolute atomic E-state index is 0. The van der Waals surface area contributed by atoms with Crippen molar-refractivity contribution in [2.75, 3.05) is 60.0 Å². The number of amides is 1. The lowest BCUT2D eigenvalue weighted by atomic mass is 10.1. The minimum Gasteiger partial charge on any atom is -0.497 e. The van der Waals surface area contributed by atoms with E-state index in [2.05, 4.69) is 39.2 Å². The Morgan fingerprint density at radius 3 is 2.28 bits per heavy atom. The first kappa shape index (κ1) is 26.7. The number of benzene rings is 1. The third-order valence-electron chi connectivity index (χ3n) is 6.48. The SMILES string of the molecule is CN=C(NCCCCc1ccc(OC)cc1)N1CCN(C(C)C(=O)N2CCCC2)CC1.I. The number of guanidine groups is 1. The van der Waals surface area contributed by atoms with Gasteiger partial charge in [0.25, 0.3) is 0 Å². The van der Waals surface area contributed by atoms with Gasteiger partial charge >= 0.3 is 0 Å². The van der Waals surface area contributed by atoms with Crippen LogP contribution in [0.3, 0.4) is 0 Å². The number of likely N-dealkylation sites (tertiary alicyclic amines) is 1. The second-order valence-electron chi connectivity index (χ2n) is 8.51. The van der Waals surface area contributed by atoms with Crippen molar-refractivity contribution in [3.05, 3.63) is 29.8 Å². The third-order valence-corrected chi connectivity index (χ3v) is 6.48. The van der Waals surface area contributed by atoms with E-state index >= 15 is 0 Å². The maximum atomic E-state index is 12.7. The molecule has 2 fully saturated rings. The van der Waals surface area contributed by atoms with E-state index in [0.29, 0.717) is 5.91 Å². The molecule has 0 bridgehead atoms. The van der Waals surface area contributed by atoms with Crippen molar-refractivity contribution < 1.29 is 9.53 Å². The van der Waals surface area contributed by atoms with E-state index in [4.69, 9.17) is 4.74 Å². The molecule has 3 rings (SSSR count). The Bertz CT molecular complexity index is 714. The smallest absolute Gasteiger partial charge is 0.239 e. The average molecular weight is 558 g/mol. The van der Waals surface area contributed by atoms with Gasteiger partial charge in [0.05, 0.1) is 13.2 Å². The van der Waals surface area contributed by atoms with E-state index in [0.717, 1.165) is 89.6 Å². The van der Waals surface area contributed by atoms with Crippen molar-refractivity contribution >= 4 is 35.8 Å². The van der Waals surface area contributed by atoms with Crippen LogP contribution in [-0.4, -0.2) is 92.6 Å². The Hall–Kier alpha value is -1.55. The van der Waals surface area contributed by atoms with Crippen LogP contribution in [0.1, 0.15) is 38.2 Å². The number of nitrogens with one attached hydrogen (secondary N) is 1. The lowest BCUT2D eigenvalue weighted by molar-refractivity contribution is -0.135. The molecule has 1 unspecified atom stereocenters. The summed E-state index contributed by atoms with van der Waals surface area (Å²) in [6.45, 7) is 8.46. The fourth-order valence-electron chi connectivity index (χ4n) is 4.46. The van der Waals surface area contributed by atoms with Crippen molar-refractivity contribution in [1.82, 2.24) is 20.0 Å². The van der Waals surface area contributed by atoms with Gasteiger partial charge in [0.2, 0.25) is 5.91 Å². The van der Waals surface area contributed by atoms with Crippen molar-refractivity contribution in [3.8, 4) is 5.75 Å². The molecule has 1 aromatic rings. The molecule has 7 nitrogen and oxygen atoms in total. The molecule has 1 amide bonds. The summed E-state index contributed by atoms with van der Waals surface area (Å²) < 4.78 is 5.21. The predicted molar refractivity (Wildman–Crippen MR) is 141 cm³/mol. The molecule has 0 aromatic heterocycles. The summed E-state index contributed by atoms with van der Waals surface area (Å²) in [5.41, 5.74) is 1.35. The van der Waals surface area contributed by atoms with Gasteiger partial charge in [-0.25, -0.2) is 0 Å². The molecule has 2 heterocycles. The first-order valence-electron chi connectivity index (χ1n) is 11.7. The van der Waals surface area contributed by atoms with Gasteiger partial charge in [-0.2, -0.15) is 0 Å². The number of hydrogen-bond donors (Lipinski definition) is 1. The summed E-state index contributed by atoms with van der Waals surface area (Å²) in [5.74, 6) is 2.18. The largest absolute Gasteiger partial charge is 0.497 e. The van der Waals surface area contributed by atoms with Gasteiger partial charge in [0.15, 0.2) is 5.96 Å². The topological polar surface area (TPSA) is 60.4 Å². The normalized spacial score (nSPS) is 18.3. The molecular formula is C24H40IN5O2. The van der Waals surface area contributed by atoms with Crippen molar-refractivity contribution in [1.29, 1.82) is 0 Å². The number of carbonyl (C=O) groups is 1. The summed E-state index contributed by atoms with van der Waals surface area (Å²) in [6, 6.07) is 8.30. The maximum Gasteiger partial charge on any atom is 0.239 e. The van der Waals surface area contributed by atoms with Crippen LogP contribution in [0, 0.1) is 0 Å². The average Bonchev–Trinajstić information content (AvgIpc) is 3.36. The monoisotopic (exact) mass is 557 g/mol. The number of ether oxygens (including phenoxy) is 1. The van der Waals surface area contributed by atoms with E-state index in [1.165, 1.54) is 5.56 Å².